The number of nitrogens with one attached hydrogen (secondary N) is 1. The van der Waals surface area contributed by atoms with Crippen molar-refractivity contribution in [2.24, 2.45) is 0 Å². The van der Waals surface area contributed by atoms with Crippen LogP contribution in [0.2, 0.25) is 0 Å². The smallest absolute Gasteiger partial charge is 0.251 e. The van der Waals surface area contributed by atoms with Crippen molar-refractivity contribution in [1.29, 1.82) is 0 Å². The van der Waals surface area contributed by atoms with Gasteiger partial charge in [-0.05, 0) is 13.3 Å². The van der Waals surface area contributed by atoms with Crippen LogP contribution in [-0.4, -0.2) is 43.0 Å². The monoisotopic (exact) mass is 192 g/mol. The fourth-order valence-corrected chi connectivity index (χ4v) is 1.73. The van der Waals surface area contributed by atoms with Crippen LogP contribution in [0.1, 0.15) is 20.3 Å². The number of halogens is 2. The second-order valence-corrected chi connectivity index (χ2v) is 3.97. The highest BCUT2D eigenvalue weighted by atomic mass is 19.3. The molecule has 78 valence electrons. The Labute approximate surface area is 78.3 Å². The summed E-state index contributed by atoms with van der Waals surface area (Å²) in [5.74, 6) is 0. The van der Waals surface area contributed by atoms with E-state index in [9.17, 15) is 8.78 Å². The average Bonchev–Trinajstić information content (AvgIpc) is 2.03. The zero-order chi connectivity index (χ0) is 9.90. The van der Waals surface area contributed by atoms with Crippen molar-refractivity contribution in [3.63, 3.8) is 0 Å². The molecule has 4 heteroatoms. The van der Waals surface area contributed by atoms with Crippen LogP contribution in [0, 0.1) is 0 Å². The molecular weight excluding hydrogens is 174 g/mol. The molecule has 13 heavy (non-hydrogen) atoms. The van der Waals surface area contributed by atoms with Gasteiger partial charge in [0.2, 0.25) is 0 Å². The second-order valence-electron chi connectivity index (χ2n) is 3.97. The molecule has 1 N–H and O–H groups in total. The molecule has 0 aromatic heterocycles. The van der Waals surface area contributed by atoms with E-state index >= 15 is 0 Å². The first-order chi connectivity index (χ1) is 6.06. The molecule has 0 radical (unpaired) electrons. The minimum Gasteiger partial charge on any atom is -0.309 e. The molecule has 1 heterocycles. The van der Waals surface area contributed by atoms with Crippen LogP contribution in [0.15, 0.2) is 0 Å². The molecule has 1 atom stereocenters. The van der Waals surface area contributed by atoms with Gasteiger partial charge >= 0.3 is 0 Å². The molecule has 0 aliphatic carbocycles. The highest BCUT2D eigenvalue weighted by molar-refractivity contribution is 4.89. The van der Waals surface area contributed by atoms with Crippen LogP contribution < -0.4 is 5.32 Å². The maximum absolute atomic E-state index is 12.1. The molecule has 0 spiro atoms. The van der Waals surface area contributed by atoms with Gasteiger partial charge in [-0.1, -0.05) is 6.92 Å². The molecule has 2 nitrogen and oxygen atoms in total. The zero-order valence-electron chi connectivity index (χ0n) is 8.32. The van der Waals surface area contributed by atoms with Crippen molar-refractivity contribution in [1.82, 2.24) is 10.2 Å². The van der Waals surface area contributed by atoms with E-state index in [-0.39, 0.29) is 12.1 Å². The predicted octanol–water partition coefficient (Wildman–Crippen LogP) is 1.33. The van der Waals surface area contributed by atoms with E-state index in [0.717, 1.165) is 26.1 Å². The van der Waals surface area contributed by atoms with Crippen LogP contribution in [0.5, 0.6) is 0 Å². The third kappa shape index (κ3) is 3.19. The van der Waals surface area contributed by atoms with E-state index in [0.29, 0.717) is 0 Å². The molecule has 0 bridgehead atoms. The number of hydrogen-bond donors (Lipinski definition) is 1. The van der Waals surface area contributed by atoms with Gasteiger partial charge < -0.3 is 5.32 Å². The summed E-state index contributed by atoms with van der Waals surface area (Å²) in [6.07, 6.45) is -1.23. The fourth-order valence-electron chi connectivity index (χ4n) is 1.73. The van der Waals surface area contributed by atoms with Gasteiger partial charge in [-0.25, -0.2) is 8.78 Å². The van der Waals surface area contributed by atoms with Gasteiger partial charge in [0.1, 0.15) is 0 Å². The normalized spacial score (nSPS) is 31.2. The lowest BCUT2D eigenvalue weighted by molar-refractivity contribution is 0.0553. The summed E-state index contributed by atoms with van der Waals surface area (Å²) < 4.78 is 24.2. The van der Waals surface area contributed by atoms with Gasteiger partial charge in [0.25, 0.3) is 6.43 Å². The maximum Gasteiger partial charge on any atom is 0.251 e. The molecule has 1 saturated heterocycles. The molecular formula is C9H18F2N2. The molecule has 1 aliphatic rings. The van der Waals surface area contributed by atoms with Crippen LogP contribution in [0.3, 0.4) is 0 Å². The summed E-state index contributed by atoms with van der Waals surface area (Å²) in [4.78, 5) is 1.84. The highest BCUT2D eigenvalue weighted by Gasteiger charge is 2.29. The molecule has 1 aliphatic heterocycles. The Bertz CT molecular complexity index is 164. The van der Waals surface area contributed by atoms with E-state index in [1.54, 1.807) is 0 Å². The Hall–Kier alpha value is -0.220. The standard InChI is InChI=1S/C9H18F2N2/c1-3-9(2)7-13(5-4-12-9)6-8(10)11/h8,12H,3-7H2,1-2H3. The van der Waals surface area contributed by atoms with Gasteiger partial charge in [-0.15, -0.1) is 0 Å². The van der Waals surface area contributed by atoms with Crippen molar-refractivity contribution >= 4 is 0 Å². The molecule has 0 saturated carbocycles. The van der Waals surface area contributed by atoms with Crippen LogP contribution in [0.4, 0.5) is 8.78 Å². The van der Waals surface area contributed by atoms with Crippen molar-refractivity contribution < 1.29 is 8.78 Å². The Balaban J connectivity index is 2.42. The third-order valence-electron chi connectivity index (χ3n) is 2.73. The Kier molecular flexibility index (Phi) is 3.62. The maximum atomic E-state index is 12.1. The Morgan fingerprint density at radius 3 is 2.77 bits per heavy atom. The summed E-state index contributed by atoms with van der Waals surface area (Å²) in [5.41, 5.74) is 0.0210. The van der Waals surface area contributed by atoms with Gasteiger partial charge in [-0.3, -0.25) is 4.90 Å². The first-order valence-electron chi connectivity index (χ1n) is 4.81. The zero-order valence-corrected chi connectivity index (χ0v) is 8.32. The summed E-state index contributed by atoms with van der Waals surface area (Å²) in [7, 11) is 0. The first kappa shape index (κ1) is 10.9. The van der Waals surface area contributed by atoms with Gasteiger partial charge in [0.15, 0.2) is 0 Å². The topological polar surface area (TPSA) is 15.3 Å². The summed E-state index contributed by atoms with van der Waals surface area (Å²) in [6.45, 7) is 6.37. The highest BCUT2D eigenvalue weighted by Crippen LogP contribution is 2.15. The SMILES string of the molecule is CCC1(C)CN(CC(F)F)CCN1. The summed E-state index contributed by atoms with van der Waals surface area (Å²) in [6, 6.07) is 0. The van der Waals surface area contributed by atoms with Gasteiger partial charge in [0, 0.05) is 25.2 Å². The average molecular weight is 192 g/mol. The fraction of sp³-hybridized carbons (Fsp3) is 1.00. The van der Waals surface area contributed by atoms with E-state index < -0.39 is 6.43 Å². The lowest BCUT2D eigenvalue weighted by atomic mass is 9.96. The lowest BCUT2D eigenvalue weighted by Crippen LogP contribution is -2.59. The predicted molar refractivity (Wildman–Crippen MR) is 49.1 cm³/mol. The van der Waals surface area contributed by atoms with Crippen LogP contribution in [-0.2, 0) is 0 Å². The number of piperazine rings is 1. The Morgan fingerprint density at radius 2 is 2.23 bits per heavy atom. The summed E-state index contributed by atoms with van der Waals surface area (Å²) in [5, 5.41) is 3.36. The van der Waals surface area contributed by atoms with Gasteiger partial charge in [-0.2, -0.15) is 0 Å². The molecule has 1 unspecified atom stereocenters. The number of rotatable bonds is 3. The van der Waals surface area contributed by atoms with Crippen LogP contribution >= 0.6 is 0 Å². The van der Waals surface area contributed by atoms with E-state index in [1.807, 2.05) is 4.90 Å². The van der Waals surface area contributed by atoms with Crippen molar-refractivity contribution in [3.05, 3.63) is 0 Å². The largest absolute Gasteiger partial charge is 0.309 e. The number of nitrogens with zero attached hydrogens (tertiary/aromatic N) is 1. The molecule has 1 fully saturated rings. The second kappa shape index (κ2) is 4.33. The van der Waals surface area contributed by atoms with Gasteiger partial charge in [0.05, 0.1) is 6.54 Å². The Morgan fingerprint density at radius 1 is 1.54 bits per heavy atom. The van der Waals surface area contributed by atoms with Crippen molar-refractivity contribution in [3.8, 4) is 0 Å². The van der Waals surface area contributed by atoms with E-state index in [4.69, 9.17) is 0 Å². The minimum atomic E-state index is -2.21. The van der Waals surface area contributed by atoms with Crippen molar-refractivity contribution in [2.45, 2.75) is 32.2 Å². The molecule has 1 rings (SSSR count). The minimum absolute atomic E-state index is 0.0210. The van der Waals surface area contributed by atoms with Crippen LogP contribution in [0.25, 0.3) is 0 Å². The molecule has 0 amide bonds. The summed E-state index contributed by atoms with van der Waals surface area (Å²) >= 11 is 0. The number of hydrogen-bond acceptors (Lipinski definition) is 2. The number of alkyl halides is 2. The van der Waals surface area contributed by atoms with Crippen molar-refractivity contribution in [2.75, 3.05) is 26.2 Å². The van der Waals surface area contributed by atoms with E-state index in [2.05, 4.69) is 19.2 Å². The van der Waals surface area contributed by atoms with E-state index in [1.165, 1.54) is 0 Å². The third-order valence-corrected chi connectivity index (χ3v) is 2.73. The quantitative estimate of drug-likeness (QED) is 0.725. The molecule has 0 aromatic carbocycles. The lowest BCUT2D eigenvalue weighted by Gasteiger charge is -2.40. The first-order valence-corrected chi connectivity index (χ1v) is 4.81. The molecule has 0 aromatic rings.